The van der Waals surface area contributed by atoms with E-state index in [1.165, 1.54) is 35.6 Å². The molecular formula is C27H31F3N6O3. The summed E-state index contributed by atoms with van der Waals surface area (Å²) < 4.78 is 42.9. The topological polar surface area (TPSA) is 101 Å². The first kappa shape index (κ1) is 27.9. The zero-order valence-electron chi connectivity index (χ0n) is 21.5. The number of benzene rings is 2. The third-order valence-electron chi connectivity index (χ3n) is 6.64. The van der Waals surface area contributed by atoms with Gasteiger partial charge < -0.3 is 10.1 Å². The van der Waals surface area contributed by atoms with Crippen molar-refractivity contribution in [1.29, 1.82) is 0 Å². The fourth-order valence-corrected chi connectivity index (χ4v) is 4.69. The van der Waals surface area contributed by atoms with Gasteiger partial charge in [0.2, 0.25) is 0 Å². The van der Waals surface area contributed by atoms with Crippen LogP contribution >= 0.6 is 0 Å². The number of rotatable bonds is 10. The molecule has 0 radical (unpaired) electrons. The molecule has 0 spiro atoms. The average Bonchev–Trinajstić information content (AvgIpc) is 3.47. The smallest absolute Gasteiger partial charge is 0.406 e. The fraction of sp³-hybridized carbons (Fsp3) is 0.407. The van der Waals surface area contributed by atoms with Crippen molar-refractivity contribution < 1.29 is 27.5 Å². The molecule has 1 atom stereocenters. The van der Waals surface area contributed by atoms with Gasteiger partial charge >= 0.3 is 6.36 Å². The predicted molar refractivity (Wildman–Crippen MR) is 138 cm³/mol. The zero-order valence-corrected chi connectivity index (χ0v) is 21.5. The second kappa shape index (κ2) is 12.6. The summed E-state index contributed by atoms with van der Waals surface area (Å²) >= 11 is 0. The van der Waals surface area contributed by atoms with Crippen molar-refractivity contribution in [3.05, 3.63) is 66.7 Å². The molecule has 2 N–H and O–H groups in total. The minimum atomic E-state index is -4.79. The van der Waals surface area contributed by atoms with E-state index in [0.717, 1.165) is 37.8 Å². The molecule has 2 aromatic carbocycles. The first-order valence-corrected chi connectivity index (χ1v) is 12.9. The number of likely N-dealkylation sites (N-methyl/N-ethyl adjacent to an activating group) is 1. The van der Waals surface area contributed by atoms with Gasteiger partial charge in [-0.3, -0.25) is 20.0 Å². The van der Waals surface area contributed by atoms with Crippen LogP contribution < -0.4 is 15.5 Å². The normalized spacial score (nSPS) is 14.9. The number of carbonyl (C=O) groups excluding carboxylic acids is 2. The summed E-state index contributed by atoms with van der Waals surface area (Å²) in [5.74, 6) is -0.759. The highest BCUT2D eigenvalue weighted by molar-refractivity contribution is 5.97. The Morgan fingerprint density at radius 2 is 1.77 bits per heavy atom. The second-order valence-electron chi connectivity index (χ2n) is 9.42. The van der Waals surface area contributed by atoms with Crippen molar-refractivity contribution in [2.24, 2.45) is 5.92 Å². The van der Waals surface area contributed by atoms with Crippen LogP contribution in [0.2, 0.25) is 0 Å². The molecule has 1 unspecified atom stereocenters. The number of alkyl halides is 3. The van der Waals surface area contributed by atoms with Crippen LogP contribution in [0.1, 0.15) is 55.8 Å². The summed E-state index contributed by atoms with van der Waals surface area (Å²) in [5, 5.41) is 8.35. The van der Waals surface area contributed by atoms with Gasteiger partial charge in [0.05, 0.1) is 11.4 Å². The van der Waals surface area contributed by atoms with Crippen molar-refractivity contribution in [2.75, 3.05) is 12.0 Å². The molecule has 3 aromatic rings. The molecule has 1 aliphatic carbocycles. The molecule has 0 bridgehead atoms. The Hall–Kier alpha value is -4.09. The molecule has 4 rings (SSSR count). The number of hydrogen-bond acceptors (Lipinski definition) is 6. The third-order valence-corrected chi connectivity index (χ3v) is 6.64. The van der Waals surface area contributed by atoms with Gasteiger partial charge in [0.15, 0.2) is 0 Å². The number of hydrogen-bond donors (Lipinski definition) is 2. The molecule has 2 amide bonds. The lowest BCUT2D eigenvalue weighted by atomic mass is 9.84. The van der Waals surface area contributed by atoms with Gasteiger partial charge in [-0.1, -0.05) is 32.1 Å². The third kappa shape index (κ3) is 7.95. The summed E-state index contributed by atoms with van der Waals surface area (Å²) in [7, 11) is 0. The Kier molecular flexibility index (Phi) is 9.05. The highest BCUT2D eigenvalue weighted by atomic mass is 19.4. The molecule has 1 fully saturated rings. The Balaban J connectivity index is 1.47. The minimum absolute atomic E-state index is 0.267. The van der Waals surface area contributed by atoms with Crippen molar-refractivity contribution in [1.82, 2.24) is 25.1 Å². The lowest BCUT2D eigenvalue weighted by Gasteiger charge is -2.31. The van der Waals surface area contributed by atoms with Crippen LogP contribution in [0.3, 0.4) is 0 Å². The number of nitrogens with one attached hydrogen (secondary N) is 2. The molecule has 9 nitrogen and oxygen atoms in total. The summed E-state index contributed by atoms with van der Waals surface area (Å²) in [6.45, 7) is 2.04. The van der Waals surface area contributed by atoms with Gasteiger partial charge in [0, 0.05) is 12.1 Å². The molecule has 1 saturated carbocycles. The number of anilines is 1. The predicted octanol–water partition coefficient (Wildman–Crippen LogP) is 5.11. The van der Waals surface area contributed by atoms with E-state index in [0.29, 0.717) is 23.6 Å². The summed E-state index contributed by atoms with van der Waals surface area (Å²) in [6.07, 6.45) is 4.00. The Morgan fingerprint density at radius 1 is 1.08 bits per heavy atom. The van der Waals surface area contributed by atoms with Crippen molar-refractivity contribution in [2.45, 2.75) is 57.9 Å². The molecule has 39 heavy (non-hydrogen) atoms. The Morgan fingerprint density at radius 3 is 2.36 bits per heavy atom. The standard InChI is InChI=1S/C27H31F3N6O3/c1-2-35(34-21-10-14-23(15-11-21)39-27(28,29)30)26(38)24(16-19-6-4-3-5-7-19)33-25(37)20-8-12-22(13-9-20)36-18-31-17-32-36/h8-15,17-19,24,34H,2-7,16H2,1H3,(H,33,37). The molecule has 0 aliphatic heterocycles. The second-order valence-corrected chi connectivity index (χ2v) is 9.42. The van der Waals surface area contributed by atoms with Crippen LogP contribution in [0.5, 0.6) is 5.75 Å². The van der Waals surface area contributed by atoms with Gasteiger partial charge in [0.25, 0.3) is 11.8 Å². The molecule has 1 heterocycles. The maximum absolute atomic E-state index is 13.6. The van der Waals surface area contributed by atoms with Crippen LogP contribution in [0, 0.1) is 5.92 Å². The van der Waals surface area contributed by atoms with E-state index in [1.807, 2.05) is 0 Å². The maximum Gasteiger partial charge on any atom is 0.573 e. The van der Waals surface area contributed by atoms with E-state index in [4.69, 9.17) is 0 Å². The molecular weight excluding hydrogens is 513 g/mol. The first-order valence-electron chi connectivity index (χ1n) is 12.9. The number of hydrazine groups is 1. The Labute approximate surface area is 224 Å². The number of aromatic nitrogens is 3. The number of amides is 2. The molecule has 1 aliphatic rings. The fourth-order valence-electron chi connectivity index (χ4n) is 4.69. The minimum Gasteiger partial charge on any atom is -0.406 e. The number of nitrogens with zero attached hydrogens (tertiary/aromatic N) is 4. The lowest BCUT2D eigenvalue weighted by molar-refractivity contribution is -0.274. The first-order chi connectivity index (χ1) is 18.7. The Bertz CT molecular complexity index is 1210. The van der Waals surface area contributed by atoms with Crippen molar-refractivity contribution in [3.8, 4) is 11.4 Å². The largest absolute Gasteiger partial charge is 0.573 e. The quantitative estimate of drug-likeness (QED) is 0.344. The lowest BCUT2D eigenvalue weighted by Crippen LogP contribution is -2.51. The molecule has 208 valence electrons. The van der Waals surface area contributed by atoms with E-state index in [-0.39, 0.29) is 24.1 Å². The number of ether oxygens (including phenoxy) is 1. The number of carbonyl (C=O) groups is 2. The summed E-state index contributed by atoms with van der Waals surface area (Å²) in [6, 6.07) is 11.1. The highest BCUT2D eigenvalue weighted by Gasteiger charge is 2.31. The summed E-state index contributed by atoms with van der Waals surface area (Å²) in [5.41, 5.74) is 4.50. The van der Waals surface area contributed by atoms with Crippen LogP contribution in [0.4, 0.5) is 18.9 Å². The van der Waals surface area contributed by atoms with E-state index in [9.17, 15) is 22.8 Å². The number of halogens is 3. The highest BCUT2D eigenvalue weighted by Crippen LogP contribution is 2.28. The monoisotopic (exact) mass is 544 g/mol. The zero-order chi connectivity index (χ0) is 27.8. The SMILES string of the molecule is CCN(Nc1ccc(OC(F)(F)F)cc1)C(=O)C(CC1CCCCC1)NC(=O)c1ccc(-n2cncn2)cc1. The van der Waals surface area contributed by atoms with Crippen LogP contribution in [-0.2, 0) is 4.79 Å². The van der Waals surface area contributed by atoms with Gasteiger partial charge in [-0.2, -0.15) is 5.10 Å². The van der Waals surface area contributed by atoms with E-state index in [1.54, 1.807) is 42.2 Å². The van der Waals surface area contributed by atoms with Crippen LogP contribution in [-0.4, -0.2) is 50.5 Å². The molecule has 0 saturated heterocycles. The average molecular weight is 545 g/mol. The molecule has 1 aromatic heterocycles. The van der Waals surface area contributed by atoms with Gasteiger partial charge in [0.1, 0.15) is 24.4 Å². The van der Waals surface area contributed by atoms with E-state index < -0.39 is 12.4 Å². The van der Waals surface area contributed by atoms with Gasteiger partial charge in [-0.25, -0.2) is 9.67 Å². The van der Waals surface area contributed by atoms with Crippen molar-refractivity contribution in [3.63, 3.8) is 0 Å². The van der Waals surface area contributed by atoms with E-state index >= 15 is 0 Å². The van der Waals surface area contributed by atoms with Crippen LogP contribution in [0.25, 0.3) is 5.69 Å². The van der Waals surface area contributed by atoms with Gasteiger partial charge in [-0.15, -0.1) is 13.2 Å². The van der Waals surface area contributed by atoms with Crippen LogP contribution in [0.15, 0.2) is 61.2 Å². The van der Waals surface area contributed by atoms with Crippen molar-refractivity contribution >= 4 is 17.5 Å². The van der Waals surface area contributed by atoms with Gasteiger partial charge in [-0.05, 0) is 67.8 Å². The van der Waals surface area contributed by atoms with E-state index in [2.05, 4.69) is 25.6 Å². The summed E-state index contributed by atoms with van der Waals surface area (Å²) in [4.78, 5) is 30.7. The maximum atomic E-state index is 13.6. The molecule has 12 heteroatoms.